The lowest BCUT2D eigenvalue weighted by Gasteiger charge is -2.35. The summed E-state index contributed by atoms with van der Waals surface area (Å²) in [5, 5.41) is 0.0687. The molecule has 20 heavy (non-hydrogen) atoms. The fraction of sp³-hybridized carbons (Fsp3) is 0.571. The number of ether oxygens (including phenoxy) is 1. The molecule has 2 atom stereocenters. The smallest absolute Gasteiger partial charge is 0.147 e. The Hall–Kier alpha value is -0.200. The number of nitrogens with zero attached hydrogens (tertiary/aromatic N) is 1. The lowest BCUT2D eigenvalue weighted by atomic mass is 10.0. The molecule has 2 N–H and O–H groups in total. The Labute approximate surface area is 132 Å². The average molecular weight is 366 g/mol. The van der Waals surface area contributed by atoms with Gasteiger partial charge in [0.15, 0.2) is 0 Å². The van der Waals surface area contributed by atoms with Crippen molar-refractivity contribution in [3.8, 4) is 0 Å². The van der Waals surface area contributed by atoms with Crippen LogP contribution in [0.1, 0.15) is 24.9 Å². The molecule has 0 saturated carbocycles. The number of rotatable bonds is 4. The van der Waals surface area contributed by atoms with Gasteiger partial charge in [-0.1, -0.05) is 24.6 Å². The first kappa shape index (κ1) is 16.2. The molecule has 1 aromatic rings. The van der Waals surface area contributed by atoms with Crippen LogP contribution in [0.4, 0.5) is 4.39 Å². The highest BCUT2D eigenvalue weighted by molar-refractivity contribution is 9.10. The summed E-state index contributed by atoms with van der Waals surface area (Å²) in [5.41, 5.74) is 6.59. The van der Waals surface area contributed by atoms with Crippen molar-refractivity contribution in [2.45, 2.75) is 25.5 Å². The molecule has 1 aliphatic heterocycles. The normalized spacial score (nSPS) is 21.9. The van der Waals surface area contributed by atoms with Crippen molar-refractivity contribution in [2.75, 3.05) is 26.2 Å². The van der Waals surface area contributed by atoms with Crippen molar-refractivity contribution in [3.63, 3.8) is 0 Å². The van der Waals surface area contributed by atoms with E-state index >= 15 is 0 Å². The van der Waals surface area contributed by atoms with Crippen LogP contribution in [0.5, 0.6) is 0 Å². The molecule has 0 spiro atoms. The average Bonchev–Trinajstić information content (AvgIpc) is 2.45. The fourth-order valence-electron chi connectivity index (χ4n) is 2.47. The first-order chi connectivity index (χ1) is 9.54. The van der Waals surface area contributed by atoms with Crippen LogP contribution in [0.15, 0.2) is 16.6 Å². The number of morpholine rings is 1. The van der Waals surface area contributed by atoms with Crippen LogP contribution in [0.25, 0.3) is 0 Å². The molecule has 1 saturated heterocycles. The molecule has 1 heterocycles. The van der Waals surface area contributed by atoms with Crippen LogP contribution in [-0.4, -0.2) is 37.2 Å². The quantitative estimate of drug-likeness (QED) is 0.832. The van der Waals surface area contributed by atoms with Gasteiger partial charge in [0, 0.05) is 23.1 Å². The Morgan fingerprint density at radius 3 is 3.05 bits per heavy atom. The van der Waals surface area contributed by atoms with Gasteiger partial charge in [0.2, 0.25) is 0 Å². The second kappa shape index (κ2) is 7.18. The van der Waals surface area contributed by atoms with E-state index in [0.29, 0.717) is 16.6 Å². The molecule has 112 valence electrons. The van der Waals surface area contributed by atoms with E-state index in [-0.39, 0.29) is 11.1 Å². The molecule has 6 heteroatoms. The van der Waals surface area contributed by atoms with Gasteiger partial charge in [0.1, 0.15) is 5.82 Å². The lowest BCUT2D eigenvalue weighted by Crippen LogP contribution is -2.47. The molecule has 0 amide bonds. The second-order valence-electron chi connectivity index (χ2n) is 5.00. The molecule has 0 bridgehead atoms. The van der Waals surface area contributed by atoms with Gasteiger partial charge in [-0.2, -0.15) is 0 Å². The molecule has 3 nitrogen and oxygen atoms in total. The molecule has 0 aromatic heterocycles. The molecule has 1 aliphatic rings. The topological polar surface area (TPSA) is 38.5 Å². The van der Waals surface area contributed by atoms with Gasteiger partial charge in [-0.25, -0.2) is 4.39 Å². The Morgan fingerprint density at radius 2 is 2.35 bits per heavy atom. The monoisotopic (exact) mass is 364 g/mol. The van der Waals surface area contributed by atoms with Gasteiger partial charge in [0.25, 0.3) is 0 Å². The number of nitrogens with two attached hydrogens (primary N) is 1. The van der Waals surface area contributed by atoms with Crippen molar-refractivity contribution in [2.24, 2.45) is 5.73 Å². The molecule has 0 aliphatic carbocycles. The van der Waals surface area contributed by atoms with Gasteiger partial charge in [-0.05, 0) is 35.0 Å². The first-order valence-corrected chi connectivity index (χ1v) is 7.94. The number of hydrogen-bond acceptors (Lipinski definition) is 3. The zero-order chi connectivity index (χ0) is 14.7. The van der Waals surface area contributed by atoms with Gasteiger partial charge < -0.3 is 10.5 Å². The van der Waals surface area contributed by atoms with Crippen LogP contribution >= 0.6 is 27.5 Å². The van der Waals surface area contributed by atoms with Crippen LogP contribution in [0, 0.1) is 5.82 Å². The van der Waals surface area contributed by atoms with E-state index < -0.39 is 11.9 Å². The van der Waals surface area contributed by atoms with E-state index in [1.54, 1.807) is 12.1 Å². The standard InChI is InChI=1S/C14H19BrClFN2O/c1-2-5-19-6-7-20-11(8-19)14(18)9-3-4-10(15)12(16)13(9)17/h3-4,11,14H,2,5-8,18H2,1H3. The third kappa shape index (κ3) is 3.52. The maximum atomic E-state index is 14.2. The molecule has 1 aromatic carbocycles. The summed E-state index contributed by atoms with van der Waals surface area (Å²) in [6.45, 7) is 5.40. The minimum atomic E-state index is -0.514. The maximum Gasteiger partial charge on any atom is 0.147 e. The zero-order valence-electron chi connectivity index (χ0n) is 11.4. The van der Waals surface area contributed by atoms with Crippen molar-refractivity contribution in [3.05, 3.63) is 33.0 Å². The van der Waals surface area contributed by atoms with Crippen molar-refractivity contribution in [1.82, 2.24) is 4.90 Å². The fourth-order valence-corrected chi connectivity index (χ4v) is 2.95. The number of halogens is 3. The van der Waals surface area contributed by atoms with Gasteiger partial charge >= 0.3 is 0 Å². The summed E-state index contributed by atoms with van der Waals surface area (Å²) in [7, 11) is 0. The second-order valence-corrected chi connectivity index (χ2v) is 6.23. The van der Waals surface area contributed by atoms with Crippen molar-refractivity contribution >= 4 is 27.5 Å². The summed E-state index contributed by atoms with van der Waals surface area (Å²) in [6.07, 6.45) is 0.877. The third-order valence-corrected chi connectivity index (χ3v) is 4.80. The largest absolute Gasteiger partial charge is 0.374 e. The summed E-state index contributed by atoms with van der Waals surface area (Å²) < 4.78 is 20.4. The van der Waals surface area contributed by atoms with E-state index in [0.717, 1.165) is 26.1 Å². The van der Waals surface area contributed by atoms with Crippen molar-refractivity contribution < 1.29 is 9.13 Å². The lowest BCUT2D eigenvalue weighted by molar-refractivity contribution is -0.0412. The molecular weight excluding hydrogens is 347 g/mol. The van der Waals surface area contributed by atoms with Crippen LogP contribution in [-0.2, 0) is 4.74 Å². The Morgan fingerprint density at radius 1 is 1.60 bits per heavy atom. The van der Waals surface area contributed by atoms with Gasteiger partial charge in [-0.3, -0.25) is 4.90 Å². The summed E-state index contributed by atoms with van der Waals surface area (Å²) in [5.74, 6) is -0.468. The maximum absolute atomic E-state index is 14.2. The van der Waals surface area contributed by atoms with Crippen molar-refractivity contribution in [1.29, 1.82) is 0 Å². The van der Waals surface area contributed by atoms with E-state index in [2.05, 4.69) is 27.8 Å². The first-order valence-electron chi connectivity index (χ1n) is 6.77. The zero-order valence-corrected chi connectivity index (χ0v) is 13.8. The minimum absolute atomic E-state index is 0.0687. The Kier molecular flexibility index (Phi) is 5.81. The van der Waals surface area contributed by atoms with E-state index in [9.17, 15) is 4.39 Å². The Bertz CT molecular complexity index is 473. The van der Waals surface area contributed by atoms with E-state index in [1.807, 2.05) is 0 Å². The SMILES string of the molecule is CCCN1CCOC(C(N)c2ccc(Br)c(Cl)c2F)C1. The van der Waals surface area contributed by atoms with Crippen LogP contribution in [0.2, 0.25) is 5.02 Å². The van der Waals surface area contributed by atoms with Crippen LogP contribution < -0.4 is 5.73 Å². The number of benzene rings is 1. The highest BCUT2D eigenvalue weighted by Gasteiger charge is 2.29. The highest BCUT2D eigenvalue weighted by Crippen LogP contribution is 2.31. The number of hydrogen-bond donors (Lipinski definition) is 1. The molecule has 1 fully saturated rings. The Balaban J connectivity index is 2.14. The molecule has 2 unspecified atom stereocenters. The van der Waals surface area contributed by atoms with E-state index in [4.69, 9.17) is 22.1 Å². The highest BCUT2D eigenvalue weighted by atomic mass is 79.9. The summed E-state index contributed by atoms with van der Waals surface area (Å²) in [4.78, 5) is 2.30. The molecular formula is C14H19BrClFN2O. The molecule has 2 rings (SSSR count). The molecule has 0 radical (unpaired) electrons. The summed E-state index contributed by atoms with van der Waals surface area (Å²) >= 11 is 9.12. The predicted molar refractivity (Wildman–Crippen MR) is 82.5 cm³/mol. The van der Waals surface area contributed by atoms with Gasteiger partial charge in [0.05, 0.1) is 23.8 Å². The van der Waals surface area contributed by atoms with Gasteiger partial charge in [-0.15, -0.1) is 0 Å². The summed E-state index contributed by atoms with van der Waals surface area (Å²) in [6, 6.07) is 2.87. The predicted octanol–water partition coefficient (Wildman–Crippen LogP) is 3.35. The third-order valence-electron chi connectivity index (χ3n) is 3.54. The van der Waals surface area contributed by atoms with Crippen LogP contribution in [0.3, 0.4) is 0 Å². The van der Waals surface area contributed by atoms with E-state index in [1.165, 1.54) is 0 Å². The minimum Gasteiger partial charge on any atom is -0.374 e.